The number of amides is 1. The van der Waals surface area contributed by atoms with Crippen LogP contribution in [0, 0.1) is 5.92 Å². The minimum absolute atomic E-state index is 0.416. The number of piperidine rings is 1. The lowest BCUT2D eigenvalue weighted by atomic mass is 9.96. The Morgan fingerprint density at radius 3 is 2.44 bits per heavy atom. The first-order chi connectivity index (χ1) is 11.9. The summed E-state index contributed by atoms with van der Waals surface area (Å²) in [6.45, 7) is -0.232. The number of rotatable bonds is 4. The molecule has 11 heteroatoms. The normalized spacial score (nSPS) is 16.0. The smallest absolute Gasteiger partial charge is 0.355 e. The van der Waals surface area contributed by atoms with E-state index >= 15 is 0 Å². The third-order valence-corrected chi connectivity index (χ3v) is 3.94. The van der Waals surface area contributed by atoms with Crippen LogP contribution in [0.5, 0.6) is 0 Å². The number of halogens is 3. The van der Waals surface area contributed by atoms with Crippen LogP contribution in [0.3, 0.4) is 0 Å². The van der Waals surface area contributed by atoms with Gasteiger partial charge in [-0.1, -0.05) is 0 Å². The van der Waals surface area contributed by atoms with Crippen molar-refractivity contribution in [1.82, 2.24) is 30.3 Å². The van der Waals surface area contributed by atoms with Crippen molar-refractivity contribution in [2.75, 3.05) is 24.5 Å². The van der Waals surface area contributed by atoms with E-state index in [0.717, 1.165) is 0 Å². The highest BCUT2D eigenvalue weighted by atomic mass is 19.4. The van der Waals surface area contributed by atoms with Crippen LogP contribution in [0.2, 0.25) is 0 Å². The van der Waals surface area contributed by atoms with Gasteiger partial charge in [0.25, 0.3) is 0 Å². The highest BCUT2D eigenvalue weighted by Crippen LogP contribution is 2.22. The van der Waals surface area contributed by atoms with Crippen molar-refractivity contribution in [3.8, 4) is 5.82 Å². The minimum Gasteiger partial charge on any atom is -0.355 e. The zero-order valence-corrected chi connectivity index (χ0v) is 13.1. The number of hydrogen-bond donors (Lipinski definition) is 1. The van der Waals surface area contributed by atoms with Crippen molar-refractivity contribution < 1.29 is 18.0 Å². The molecule has 0 spiro atoms. The third kappa shape index (κ3) is 4.43. The van der Waals surface area contributed by atoms with Crippen molar-refractivity contribution in [2.45, 2.75) is 19.0 Å². The van der Waals surface area contributed by atoms with E-state index in [2.05, 4.69) is 20.3 Å². The molecule has 0 unspecified atom stereocenters. The molecule has 25 heavy (non-hydrogen) atoms. The van der Waals surface area contributed by atoms with Gasteiger partial charge < -0.3 is 10.2 Å². The fourth-order valence-electron chi connectivity index (χ4n) is 2.64. The number of nitrogens with zero attached hydrogens (tertiary/aromatic N) is 6. The Bertz CT molecular complexity index is 694. The Hall–Kier alpha value is -2.72. The molecule has 1 aliphatic heterocycles. The molecule has 0 aromatic carbocycles. The first kappa shape index (κ1) is 17.1. The van der Waals surface area contributed by atoms with Crippen LogP contribution in [0.25, 0.3) is 5.82 Å². The van der Waals surface area contributed by atoms with Crippen molar-refractivity contribution in [1.29, 1.82) is 0 Å². The fraction of sp³-hybridized carbons (Fsp3) is 0.500. The summed E-state index contributed by atoms with van der Waals surface area (Å²) >= 11 is 0. The van der Waals surface area contributed by atoms with Crippen molar-refractivity contribution in [3.63, 3.8) is 0 Å². The maximum Gasteiger partial charge on any atom is 0.405 e. The Morgan fingerprint density at radius 2 is 1.88 bits per heavy atom. The summed E-state index contributed by atoms with van der Waals surface area (Å²) in [7, 11) is 0. The van der Waals surface area contributed by atoms with E-state index in [0.29, 0.717) is 37.6 Å². The topological polar surface area (TPSA) is 88.8 Å². The van der Waals surface area contributed by atoms with Gasteiger partial charge in [-0.25, -0.2) is 9.67 Å². The summed E-state index contributed by atoms with van der Waals surface area (Å²) in [6.07, 6.45) is -0.552. The molecule has 8 nitrogen and oxygen atoms in total. The van der Waals surface area contributed by atoms with E-state index in [9.17, 15) is 18.0 Å². The monoisotopic (exact) mass is 355 g/mol. The van der Waals surface area contributed by atoms with Crippen LogP contribution in [-0.2, 0) is 4.79 Å². The molecule has 1 amide bonds. The maximum absolute atomic E-state index is 12.2. The predicted octanol–water partition coefficient (Wildman–Crippen LogP) is 0.952. The van der Waals surface area contributed by atoms with Crippen LogP contribution in [-0.4, -0.2) is 56.7 Å². The maximum atomic E-state index is 12.2. The number of carbonyl (C=O) groups excluding carboxylic acids is 1. The summed E-state index contributed by atoms with van der Waals surface area (Å²) in [5.74, 6) is 0.214. The molecule has 1 N–H and O–H groups in total. The number of nitrogens with one attached hydrogen (secondary N) is 1. The standard InChI is InChI=1S/C14H16F3N7O/c15-14(16,17)7-19-13(25)10-3-5-23(6-4-10)11-1-2-12(22-21-11)24-9-18-8-20-24/h1-2,8-10H,3-7H2,(H,19,25). The highest BCUT2D eigenvalue weighted by molar-refractivity contribution is 5.79. The second kappa shape index (κ2) is 7.03. The van der Waals surface area contributed by atoms with Crippen molar-refractivity contribution >= 4 is 11.7 Å². The van der Waals surface area contributed by atoms with E-state index in [1.807, 2.05) is 10.2 Å². The number of alkyl halides is 3. The van der Waals surface area contributed by atoms with Crippen LogP contribution in [0.15, 0.2) is 24.8 Å². The van der Waals surface area contributed by atoms with Gasteiger partial charge in [0.05, 0.1) is 0 Å². The van der Waals surface area contributed by atoms with E-state index in [1.54, 1.807) is 12.1 Å². The Kier molecular flexibility index (Phi) is 4.81. The van der Waals surface area contributed by atoms with Gasteiger partial charge >= 0.3 is 6.18 Å². The first-order valence-electron chi connectivity index (χ1n) is 7.70. The average Bonchev–Trinajstić information content (AvgIpc) is 3.14. The van der Waals surface area contributed by atoms with E-state index < -0.39 is 24.5 Å². The molecule has 2 aromatic heterocycles. The van der Waals surface area contributed by atoms with Gasteiger partial charge in [-0.2, -0.15) is 18.3 Å². The summed E-state index contributed by atoms with van der Waals surface area (Å²) in [5.41, 5.74) is 0. The van der Waals surface area contributed by atoms with Gasteiger partial charge in [0, 0.05) is 19.0 Å². The van der Waals surface area contributed by atoms with Crippen molar-refractivity contribution in [2.24, 2.45) is 5.92 Å². The Labute approximate surface area is 141 Å². The van der Waals surface area contributed by atoms with Gasteiger partial charge in [-0.3, -0.25) is 4.79 Å². The molecule has 3 heterocycles. The molecule has 0 aliphatic carbocycles. The quantitative estimate of drug-likeness (QED) is 0.879. The molecular formula is C14H16F3N7O. The van der Waals surface area contributed by atoms with E-state index in [-0.39, 0.29) is 0 Å². The van der Waals surface area contributed by atoms with E-state index in [4.69, 9.17) is 0 Å². The lowest BCUT2D eigenvalue weighted by Crippen LogP contribution is -2.43. The molecule has 0 bridgehead atoms. The van der Waals surface area contributed by atoms with Crippen LogP contribution in [0.1, 0.15) is 12.8 Å². The Balaban J connectivity index is 1.53. The summed E-state index contributed by atoms with van der Waals surface area (Å²) in [4.78, 5) is 17.6. The SMILES string of the molecule is O=C(NCC(F)(F)F)C1CCN(c2ccc(-n3cncn3)nn2)CC1. The Morgan fingerprint density at radius 1 is 1.20 bits per heavy atom. The molecule has 1 saturated heterocycles. The zero-order chi connectivity index (χ0) is 17.9. The molecule has 3 rings (SSSR count). The molecule has 2 aromatic rings. The van der Waals surface area contributed by atoms with Gasteiger partial charge in [0.2, 0.25) is 5.91 Å². The second-order valence-electron chi connectivity index (χ2n) is 5.68. The fourth-order valence-corrected chi connectivity index (χ4v) is 2.64. The summed E-state index contributed by atoms with van der Waals surface area (Å²) < 4.78 is 37.9. The van der Waals surface area contributed by atoms with Crippen LogP contribution in [0.4, 0.5) is 19.0 Å². The highest BCUT2D eigenvalue weighted by Gasteiger charge is 2.31. The largest absolute Gasteiger partial charge is 0.405 e. The zero-order valence-electron chi connectivity index (χ0n) is 13.1. The second-order valence-corrected chi connectivity index (χ2v) is 5.68. The lowest BCUT2D eigenvalue weighted by Gasteiger charge is -2.31. The van der Waals surface area contributed by atoms with Gasteiger partial charge in [-0.15, -0.1) is 10.2 Å². The van der Waals surface area contributed by atoms with Gasteiger partial charge in [0.15, 0.2) is 11.6 Å². The number of carbonyl (C=O) groups is 1. The molecule has 134 valence electrons. The minimum atomic E-state index is -4.39. The molecular weight excluding hydrogens is 339 g/mol. The average molecular weight is 355 g/mol. The third-order valence-electron chi connectivity index (χ3n) is 3.94. The first-order valence-corrected chi connectivity index (χ1v) is 7.70. The number of aromatic nitrogens is 5. The molecule has 1 fully saturated rings. The van der Waals surface area contributed by atoms with E-state index in [1.165, 1.54) is 17.3 Å². The lowest BCUT2D eigenvalue weighted by molar-refractivity contribution is -0.141. The molecule has 1 aliphatic rings. The summed E-state index contributed by atoms with van der Waals surface area (Å²) in [6, 6.07) is 3.53. The predicted molar refractivity (Wildman–Crippen MR) is 81.0 cm³/mol. The van der Waals surface area contributed by atoms with Gasteiger partial charge in [0.1, 0.15) is 19.2 Å². The molecule has 0 saturated carbocycles. The molecule has 0 atom stereocenters. The molecule has 0 radical (unpaired) electrons. The van der Waals surface area contributed by atoms with Crippen molar-refractivity contribution in [3.05, 3.63) is 24.8 Å². The summed E-state index contributed by atoms with van der Waals surface area (Å²) in [5, 5.41) is 14.1. The van der Waals surface area contributed by atoms with Gasteiger partial charge in [-0.05, 0) is 25.0 Å². The number of anilines is 1. The van der Waals surface area contributed by atoms with Crippen LogP contribution >= 0.6 is 0 Å². The van der Waals surface area contributed by atoms with Crippen LogP contribution < -0.4 is 10.2 Å². The number of hydrogen-bond acceptors (Lipinski definition) is 6.